The van der Waals surface area contributed by atoms with Crippen molar-refractivity contribution in [1.29, 1.82) is 0 Å². The van der Waals surface area contributed by atoms with E-state index in [0.29, 0.717) is 17.2 Å². The molecule has 0 unspecified atom stereocenters. The van der Waals surface area contributed by atoms with Gasteiger partial charge in [-0.1, -0.05) is 0 Å². The Morgan fingerprint density at radius 1 is 1.48 bits per heavy atom. The summed E-state index contributed by atoms with van der Waals surface area (Å²) in [7, 11) is 1.44. The van der Waals surface area contributed by atoms with Gasteiger partial charge in [0.2, 0.25) is 0 Å². The van der Waals surface area contributed by atoms with Gasteiger partial charge in [-0.15, -0.1) is 23.1 Å². The highest BCUT2D eigenvalue weighted by Gasteiger charge is 2.23. The van der Waals surface area contributed by atoms with Crippen LogP contribution in [0.4, 0.5) is 5.69 Å². The van der Waals surface area contributed by atoms with Gasteiger partial charge < -0.3 is 10.1 Å². The number of nitrogens with zero attached hydrogens (tertiary/aromatic N) is 2. The minimum atomic E-state index is -0.570. The Morgan fingerprint density at radius 2 is 2.24 bits per heavy atom. The summed E-state index contributed by atoms with van der Waals surface area (Å²) < 4.78 is 5.15. The minimum Gasteiger partial charge on any atom is -0.495 e. The van der Waals surface area contributed by atoms with Gasteiger partial charge in [-0.3, -0.25) is 14.9 Å². The normalized spacial score (nSPS) is 10.5. The summed E-state index contributed by atoms with van der Waals surface area (Å²) >= 11 is 2.96. The van der Waals surface area contributed by atoms with Crippen LogP contribution in [0.1, 0.15) is 27.5 Å². The topological polar surface area (TPSA) is 94.4 Å². The van der Waals surface area contributed by atoms with Crippen LogP contribution in [0.3, 0.4) is 0 Å². The van der Waals surface area contributed by atoms with Crippen LogP contribution >= 0.6 is 23.1 Å². The van der Waals surface area contributed by atoms with E-state index in [2.05, 4.69) is 10.3 Å². The smallest absolute Gasteiger partial charge is 0.285 e. The first-order valence-corrected chi connectivity index (χ1v) is 9.66. The molecule has 0 fully saturated rings. The number of ether oxygens (including phenoxy) is 1. The molecule has 0 bridgehead atoms. The van der Waals surface area contributed by atoms with E-state index in [-0.39, 0.29) is 11.3 Å². The Kier molecular flexibility index (Phi) is 6.77. The van der Waals surface area contributed by atoms with Gasteiger partial charge in [0.05, 0.1) is 28.0 Å². The van der Waals surface area contributed by atoms with Gasteiger partial charge in [-0.25, -0.2) is 4.98 Å². The number of thiazole rings is 1. The third-order valence-corrected chi connectivity index (χ3v) is 5.25. The molecule has 7 nitrogen and oxygen atoms in total. The lowest BCUT2D eigenvalue weighted by Crippen LogP contribution is -2.25. The molecule has 0 aliphatic rings. The van der Waals surface area contributed by atoms with E-state index in [0.717, 1.165) is 23.5 Å². The molecule has 2 aromatic rings. The molecule has 0 radical (unpaired) electrons. The number of amides is 1. The van der Waals surface area contributed by atoms with E-state index in [1.807, 2.05) is 18.6 Å². The van der Waals surface area contributed by atoms with Gasteiger partial charge in [0.25, 0.3) is 11.6 Å². The van der Waals surface area contributed by atoms with Gasteiger partial charge >= 0.3 is 0 Å². The standard InChI is InChI=1S/C16H19N3O4S2/c1-10-9-25-15(18-10)5-4-6-17-16(20)11-7-14(24-3)13(23-2)8-12(11)19(21)22/h7-9H,4-6H2,1-3H3,(H,17,20). The maximum Gasteiger partial charge on any atom is 0.285 e. The number of aromatic nitrogens is 1. The number of aryl methyl sites for hydroxylation is 2. The molecular weight excluding hydrogens is 362 g/mol. The van der Waals surface area contributed by atoms with Crippen LogP contribution in [-0.2, 0) is 6.42 Å². The molecule has 2 rings (SSSR count). The van der Waals surface area contributed by atoms with Crippen LogP contribution in [0, 0.1) is 17.0 Å². The van der Waals surface area contributed by atoms with Gasteiger partial charge in [0, 0.05) is 24.0 Å². The van der Waals surface area contributed by atoms with Crippen molar-refractivity contribution in [2.24, 2.45) is 0 Å². The van der Waals surface area contributed by atoms with E-state index in [9.17, 15) is 14.9 Å². The summed E-state index contributed by atoms with van der Waals surface area (Å²) in [6, 6.07) is 2.79. The maximum absolute atomic E-state index is 12.4. The first-order valence-electron chi connectivity index (χ1n) is 7.56. The lowest BCUT2D eigenvalue weighted by Gasteiger charge is -2.10. The zero-order chi connectivity index (χ0) is 18.4. The number of rotatable bonds is 8. The first-order chi connectivity index (χ1) is 12.0. The van der Waals surface area contributed by atoms with Crippen LogP contribution in [0.25, 0.3) is 0 Å². The van der Waals surface area contributed by atoms with E-state index in [1.54, 1.807) is 11.3 Å². The summed E-state index contributed by atoms with van der Waals surface area (Å²) in [5.41, 5.74) is 0.769. The van der Waals surface area contributed by atoms with E-state index >= 15 is 0 Å². The number of hydrogen-bond acceptors (Lipinski definition) is 7. The van der Waals surface area contributed by atoms with Gasteiger partial charge in [-0.05, 0) is 25.7 Å². The molecule has 9 heteroatoms. The van der Waals surface area contributed by atoms with E-state index in [1.165, 1.54) is 31.0 Å². The van der Waals surface area contributed by atoms with Crippen LogP contribution in [0.2, 0.25) is 0 Å². The summed E-state index contributed by atoms with van der Waals surface area (Å²) in [6.07, 6.45) is 3.30. The monoisotopic (exact) mass is 381 g/mol. The lowest BCUT2D eigenvalue weighted by molar-refractivity contribution is -0.385. The summed E-state index contributed by atoms with van der Waals surface area (Å²) in [5, 5.41) is 17.0. The van der Waals surface area contributed by atoms with Crippen molar-refractivity contribution in [3.05, 3.63) is 43.9 Å². The second-order valence-corrected chi connectivity index (χ2v) is 7.01. The molecule has 1 aromatic heterocycles. The van der Waals surface area contributed by atoms with Crippen molar-refractivity contribution in [2.75, 3.05) is 19.9 Å². The molecule has 25 heavy (non-hydrogen) atoms. The number of carbonyl (C=O) groups is 1. The highest BCUT2D eigenvalue weighted by atomic mass is 32.2. The number of carbonyl (C=O) groups excluding carboxylic acids is 1. The summed E-state index contributed by atoms with van der Waals surface area (Å²) in [5.74, 6) is -0.0742. The van der Waals surface area contributed by atoms with Crippen molar-refractivity contribution in [2.45, 2.75) is 24.7 Å². The number of hydrogen-bond donors (Lipinski definition) is 1. The number of methoxy groups -OCH3 is 1. The van der Waals surface area contributed by atoms with Crippen molar-refractivity contribution < 1.29 is 14.5 Å². The maximum atomic E-state index is 12.4. The zero-order valence-electron chi connectivity index (χ0n) is 14.2. The molecule has 0 aliphatic heterocycles. The Morgan fingerprint density at radius 3 is 2.80 bits per heavy atom. The third-order valence-electron chi connectivity index (χ3n) is 3.46. The molecule has 1 amide bonds. The summed E-state index contributed by atoms with van der Waals surface area (Å²) in [4.78, 5) is 28.1. The quantitative estimate of drug-likeness (QED) is 0.326. The molecule has 1 heterocycles. The van der Waals surface area contributed by atoms with Crippen LogP contribution in [0.5, 0.6) is 5.75 Å². The van der Waals surface area contributed by atoms with Crippen molar-refractivity contribution in [1.82, 2.24) is 10.3 Å². The number of benzene rings is 1. The fraction of sp³-hybridized carbons (Fsp3) is 0.375. The van der Waals surface area contributed by atoms with Gasteiger partial charge in [0.15, 0.2) is 0 Å². The fourth-order valence-corrected chi connectivity index (χ4v) is 3.65. The molecule has 1 aromatic carbocycles. The third kappa shape index (κ3) is 4.93. The lowest BCUT2D eigenvalue weighted by atomic mass is 10.1. The Bertz CT molecular complexity index is 777. The largest absolute Gasteiger partial charge is 0.495 e. The molecule has 0 atom stereocenters. The second-order valence-electron chi connectivity index (χ2n) is 5.22. The van der Waals surface area contributed by atoms with Crippen LogP contribution in [-0.4, -0.2) is 35.7 Å². The van der Waals surface area contributed by atoms with Gasteiger partial charge in [-0.2, -0.15) is 0 Å². The zero-order valence-corrected chi connectivity index (χ0v) is 15.8. The van der Waals surface area contributed by atoms with Gasteiger partial charge in [0.1, 0.15) is 11.3 Å². The molecular formula is C16H19N3O4S2. The molecule has 0 saturated heterocycles. The molecule has 0 saturated carbocycles. The molecule has 0 spiro atoms. The van der Waals surface area contributed by atoms with Crippen LogP contribution in [0.15, 0.2) is 22.4 Å². The number of nitro groups is 1. The first kappa shape index (κ1) is 19.2. The van der Waals surface area contributed by atoms with Crippen LogP contribution < -0.4 is 10.1 Å². The highest BCUT2D eigenvalue weighted by molar-refractivity contribution is 7.98. The number of nitro benzene ring substituents is 1. The number of nitrogens with one attached hydrogen (secondary N) is 1. The molecule has 1 N–H and O–H groups in total. The molecule has 134 valence electrons. The summed E-state index contributed by atoms with van der Waals surface area (Å²) in [6.45, 7) is 2.36. The Hall–Kier alpha value is -2.13. The predicted octanol–water partition coefficient (Wildman–Crippen LogP) is 3.45. The van der Waals surface area contributed by atoms with E-state index < -0.39 is 10.8 Å². The van der Waals surface area contributed by atoms with Crippen molar-refractivity contribution >= 4 is 34.7 Å². The molecule has 0 aliphatic carbocycles. The van der Waals surface area contributed by atoms with Crippen molar-refractivity contribution in [3.8, 4) is 5.75 Å². The second kappa shape index (κ2) is 8.82. The Labute approximate surface area is 154 Å². The van der Waals surface area contributed by atoms with E-state index in [4.69, 9.17) is 4.74 Å². The Balaban J connectivity index is 2.05. The fourth-order valence-electron chi connectivity index (χ4n) is 2.26. The predicted molar refractivity (Wildman–Crippen MR) is 98.9 cm³/mol. The SMILES string of the molecule is COc1cc([N+](=O)[O-])c(C(=O)NCCCc2nc(C)cs2)cc1SC. The average Bonchev–Trinajstić information content (AvgIpc) is 3.02. The minimum absolute atomic E-state index is 0.0419. The highest BCUT2D eigenvalue weighted by Crippen LogP contribution is 2.34. The number of thioether (sulfide) groups is 1. The van der Waals surface area contributed by atoms with Crippen molar-refractivity contribution in [3.63, 3.8) is 0 Å². The average molecular weight is 381 g/mol.